The molecular formula is C23H22ClN3O4S. The van der Waals surface area contributed by atoms with Crippen LogP contribution in [0.2, 0.25) is 5.02 Å². The van der Waals surface area contributed by atoms with Gasteiger partial charge in [-0.2, -0.15) is 0 Å². The number of hydrogen-bond acceptors (Lipinski definition) is 4. The number of sulfonamides is 1. The van der Waals surface area contributed by atoms with E-state index in [0.717, 1.165) is 6.26 Å². The Morgan fingerprint density at radius 1 is 0.906 bits per heavy atom. The molecule has 0 saturated carbocycles. The first-order valence-electron chi connectivity index (χ1n) is 9.63. The number of rotatable bonds is 7. The summed E-state index contributed by atoms with van der Waals surface area (Å²) in [5.41, 5.74) is 2.69. The zero-order valence-electron chi connectivity index (χ0n) is 17.5. The standard InChI is InChI=1S/C23H22ClN3O4S/c1-16(28)25-20-6-4-7-21(14-20)26-23(29)18-11-9-17(10-12-18)15-27(32(2,30)31)22-8-3-5-19(24)13-22/h3-14H,15H2,1-2H3,(H,25,28)(H,26,29). The second-order valence-corrected chi connectivity index (χ2v) is 9.51. The lowest BCUT2D eigenvalue weighted by atomic mass is 10.1. The normalized spacial score (nSPS) is 11.0. The van der Waals surface area contributed by atoms with E-state index < -0.39 is 10.0 Å². The molecule has 0 unspecified atom stereocenters. The summed E-state index contributed by atoms with van der Waals surface area (Å²) in [4.78, 5) is 23.8. The van der Waals surface area contributed by atoms with Crippen LogP contribution in [0.3, 0.4) is 0 Å². The second-order valence-electron chi connectivity index (χ2n) is 7.16. The van der Waals surface area contributed by atoms with Gasteiger partial charge >= 0.3 is 0 Å². The Morgan fingerprint density at radius 2 is 1.53 bits per heavy atom. The molecular weight excluding hydrogens is 450 g/mol. The molecule has 2 N–H and O–H groups in total. The van der Waals surface area contributed by atoms with Crippen LogP contribution in [0.4, 0.5) is 17.1 Å². The highest BCUT2D eigenvalue weighted by Crippen LogP contribution is 2.24. The van der Waals surface area contributed by atoms with E-state index >= 15 is 0 Å². The number of nitrogens with one attached hydrogen (secondary N) is 2. The lowest BCUT2D eigenvalue weighted by Crippen LogP contribution is -2.29. The summed E-state index contributed by atoms with van der Waals surface area (Å²) in [7, 11) is -3.55. The number of carbonyl (C=O) groups excluding carboxylic acids is 2. The summed E-state index contributed by atoms with van der Waals surface area (Å²) in [6.07, 6.45) is 1.13. The highest BCUT2D eigenvalue weighted by Gasteiger charge is 2.18. The quantitative estimate of drug-likeness (QED) is 0.529. The van der Waals surface area contributed by atoms with Gasteiger partial charge in [-0.3, -0.25) is 13.9 Å². The van der Waals surface area contributed by atoms with Crippen LogP contribution in [-0.2, 0) is 21.4 Å². The molecule has 3 aromatic carbocycles. The highest BCUT2D eigenvalue weighted by molar-refractivity contribution is 7.92. The van der Waals surface area contributed by atoms with Crippen LogP contribution in [0.15, 0.2) is 72.8 Å². The number of benzene rings is 3. The van der Waals surface area contributed by atoms with Crippen molar-refractivity contribution >= 4 is 50.5 Å². The molecule has 0 heterocycles. The molecule has 0 aliphatic rings. The second kappa shape index (κ2) is 9.84. The third kappa shape index (κ3) is 6.32. The number of amides is 2. The number of halogens is 1. The summed E-state index contributed by atoms with van der Waals surface area (Å²) in [5.74, 6) is -0.531. The van der Waals surface area contributed by atoms with E-state index in [-0.39, 0.29) is 18.4 Å². The van der Waals surface area contributed by atoms with Crippen LogP contribution in [0, 0.1) is 0 Å². The van der Waals surface area contributed by atoms with E-state index in [2.05, 4.69) is 10.6 Å². The van der Waals surface area contributed by atoms with Crippen molar-refractivity contribution in [1.29, 1.82) is 0 Å². The van der Waals surface area contributed by atoms with Crippen LogP contribution in [0.1, 0.15) is 22.8 Å². The highest BCUT2D eigenvalue weighted by atomic mass is 35.5. The van der Waals surface area contributed by atoms with Crippen LogP contribution in [0.25, 0.3) is 0 Å². The fourth-order valence-electron chi connectivity index (χ4n) is 3.04. The predicted octanol–water partition coefficient (Wildman–Crippen LogP) is 4.52. The Kier molecular flexibility index (Phi) is 7.17. The van der Waals surface area contributed by atoms with E-state index in [1.807, 2.05) is 0 Å². The lowest BCUT2D eigenvalue weighted by Gasteiger charge is -2.22. The molecule has 166 valence electrons. The topological polar surface area (TPSA) is 95.6 Å². The maximum atomic E-state index is 12.6. The third-order valence-corrected chi connectivity index (χ3v) is 5.86. The molecule has 9 heteroatoms. The van der Waals surface area contributed by atoms with Gasteiger partial charge in [-0.15, -0.1) is 0 Å². The fourth-order valence-corrected chi connectivity index (χ4v) is 4.10. The Morgan fingerprint density at radius 3 is 2.12 bits per heavy atom. The van der Waals surface area contributed by atoms with Crippen molar-refractivity contribution < 1.29 is 18.0 Å². The van der Waals surface area contributed by atoms with Crippen LogP contribution < -0.4 is 14.9 Å². The van der Waals surface area contributed by atoms with Gasteiger partial charge in [0, 0.05) is 28.9 Å². The smallest absolute Gasteiger partial charge is 0.255 e. The summed E-state index contributed by atoms with van der Waals surface area (Å²) in [6.45, 7) is 1.50. The number of anilines is 3. The van der Waals surface area contributed by atoms with Gasteiger partial charge in [0.25, 0.3) is 5.91 Å². The van der Waals surface area contributed by atoms with Crippen LogP contribution >= 0.6 is 11.6 Å². The molecule has 32 heavy (non-hydrogen) atoms. The molecule has 0 aliphatic carbocycles. The molecule has 0 radical (unpaired) electrons. The Balaban J connectivity index is 1.74. The van der Waals surface area contributed by atoms with Gasteiger partial charge in [0.1, 0.15) is 0 Å². The van der Waals surface area contributed by atoms with Crippen molar-refractivity contribution in [3.63, 3.8) is 0 Å². The van der Waals surface area contributed by atoms with Gasteiger partial charge in [-0.1, -0.05) is 35.9 Å². The van der Waals surface area contributed by atoms with E-state index in [0.29, 0.717) is 33.2 Å². The first-order valence-corrected chi connectivity index (χ1v) is 11.9. The largest absolute Gasteiger partial charge is 0.326 e. The summed E-state index contributed by atoms with van der Waals surface area (Å²) < 4.78 is 25.9. The lowest BCUT2D eigenvalue weighted by molar-refractivity contribution is -0.114. The minimum Gasteiger partial charge on any atom is -0.326 e. The predicted molar refractivity (Wildman–Crippen MR) is 128 cm³/mol. The van der Waals surface area contributed by atoms with Crippen LogP contribution in [-0.4, -0.2) is 26.5 Å². The maximum Gasteiger partial charge on any atom is 0.255 e. The van der Waals surface area contributed by atoms with E-state index in [4.69, 9.17) is 11.6 Å². The molecule has 0 fully saturated rings. The van der Waals surface area contributed by atoms with E-state index in [1.165, 1.54) is 11.2 Å². The van der Waals surface area contributed by atoms with Crippen molar-refractivity contribution in [2.45, 2.75) is 13.5 Å². The van der Waals surface area contributed by atoms with Gasteiger partial charge in [-0.25, -0.2) is 8.42 Å². The zero-order chi connectivity index (χ0) is 23.3. The molecule has 0 atom stereocenters. The Hall–Kier alpha value is -3.36. The molecule has 2 amide bonds. The van der Waals surface area contributed by atoms with Crippen molar-refractivity contribution in [1.82, 2.24) is 0 Å². The third-order valence-electron chi connectivity index (χ3n) is 4.48. The Bertz CT molecular complexity index is 1240. The minimum atomic E-state index is -3.55. The van der Waals surface area contributed by atoms with Crippen molar-refractivity contribution in [2.24, 2.45) is 0 Å². The summed E-state index contributed by atoms with van der Waals surface area (Å²) in [6, 6.07) is 20.1. The molecule has 0 bridgehead atoms. The first-order chi connectivity index (χ1) is 15.1. The summed E-state index contributed by atoms with van der Waals surface area (Å²) in [5, 5.41) is 5.87. The average Bonchev–Trinajstić information content (AvgIpc) is 2.71. The SMILES string of the molecule is CC(=O)Nc1cccc(NC(=O)c2ccc(CN(c3cccc(Cl)c3)S(C)(=O)=O)cc2)c1. The molecule has 3 rings (SSSR count). The van der Waals surface area contributed by atoms with Gasteiger partial charge < -0.3 is 10.6 Å². The maximum absolute atomic E-state index is 12.6. The molecule has 7 nitrogen and oxygen atoms in total. The van der Waals surface area contributed by atoms with Crippen LogP contribution in [0.5, 0.6) is 0 Å². The average molecular weight is 472 g/mol. The molecule has 0 aromatic heterocycles. The van der Waals surface area contributed by atoms with Gasteiger partial charge in [0.15, 0.2) is 0 Å². The molecule has 0 aliphatic heterocycles. The van der Waals surface area contributed by atoms with Gasteiger partial charge in [-0.05, 0) is 54.1 Å². The molecule has 0 spiro atoms. The number of nitrogens with zero attached hydrogens (tertiary/aromatic N) is 1. The first kappa shape index (κ1) is 23.3. The number of carbonyl (C=O) groups is 2. The molecule has 0 saturated heterocycles. The minimum absolute atomic E-state index is 0.0971. The van der Waals surface area contributed by atoms with Crippen molar-refractivity contribution in [2.75, 3.05) is 21.2 Å². The van der Waals surface area contributed by atoms with Crippen molar-refractivity contribution in [3.05, 3.63) is 88.9 Å². The van der Waals surface area contributed by atoms with E-state index in [1.54, 1.807) is 72.8 Å². The summed E-state index contributed by atoms with van der Waals surface area (Å²) >= 11 is 6.01. The van der Waals surface area contributed by atoms with Crippen molar-refractivity contribution in [3.8, 4) is 0 Å². The molecule has 3 aromatic rings. The van der Waals surface area contributed by atoms with Gasteiger partial charge in [0.2, 0.25) is 15.9 Å². The Labute approximate surface area is 192 Å². The zero-order valence-corrected chi connectivity index (χ0v) is 19.1. The monoisotopic (exact) mass is 471 g/mol. The fraction of sp³-hybridized carbons (Fsp3) is 0.130. The number of hydrogen-bond donors (Lipinski definition) is 2. The van der Waals surface area contributed by atoms with Gasteiger partial charge in [0.05, 0.1) is 18.5 Å². The van der Waals surface area contributed by atoms with E-state index in [9.17, 15) is 18.0 Å².